The Kier molecular flexibility index (Phi) is 3.90. The second-order valence-electron chi connectivity index (χ2n) is 6.45. The van der Waals surface area contributed by atoms with Crippen molar-refractivity contribution in [3.05, 3.63) is 35.4 Å². The third-order valence-corrected chi connectivity index (χ3v) is 4.68. The Balaban J connectivity index is 1.55. The molecule has 0 saturated carbocycles. The van der Waals surface area contributed by atoms with Gasteiger partial charge in [-0.2, -0.15) is 0 Å². The molecule has 0 bridgehead atoms. The molecule has 1 aliphatic carbocycles. The summed E-state index contributed by atoms with van der Waals surface area (Å²) < 4.78 is 0. The molecular formula is C17H26N2. The van der Waals surface area contributed by atoms with Gasteiger partial charge in [0.2, 0.25) is 0 Å². The van der Waals surface area contributed by atoms with Crippen LogP contribution in [-0.4, -0.2) is 36.6 Å². The first-order valence-electron chi connectivity index (χ1n) is 7.79. The maximum absolute atomic E-state index is 3.60. The molecular weight excluding hydrogens is 232 g/mol. The van der Waals surface area contributed by atoms with Gasteiger partial charge in [0.05, 0.1) is 0 Å². The molecule has 1 saturated heterocycles. The molecule has 1 fully saturated rings. The molecule has 1 N–H and O–H groups in total. The molecule has 19 heavy (non-hydrogen) atoms. The minimum Gasteiger partial charge on any atom is -0.313 e. The molecule has 1 aromatic rings. The Morgan fingerprint density at radius 2 is 2.16 bits per heavy atom. The number of nitrogens with one attached hydrogen (secondary N) is 1. The zero-order chi connectivity index (χ0) is 13.2. The van der Waals surface area contributed by atoms with E-state index < -0.39 is 0 Å². The van der Waals surface area contributed by atoms with E-state index in [1.165, 1.54) is 32.4 Å². The van der Waals surface area contributed by atoms with Crippen LogP contribution in [0.4, 0.5) is 0 Å². The van der Waals surface area contributed by atoms with E-state index in [2.05, 4.69) is 48.3 Å². The Bertz CT molecular complexity index is 427. The van der Waals surface area contributed by atoms with Crippen molar-refractivity contribution in [2.45, 2.75) is 51.1 Å². The molecule has 2 unspecified atom stereocenters. The molecule has 0 spiro atoms. The standard InChI is InChI=1S/C17H26N2/c1-13(2)18-11-16-7-5-9-19(16)12-15-10-14-6-3-4-8-17(14)15/h3-4,6,8,13,15-16,18H,5,7,9-12H2,1-2H3. The SMILES string of the molecule is CC(C)NCC1CCCN1CC1Cc2ccccc21. The first-order valence-corrected chi connectivity index (χ1v) is 7.79. The molecule has 2 aliphatic rings. The number of hydrogen-bond acceptors (Lipinski definition) is 2. The minimum absolute atomic E-state index is 0.604. The zero-order valence-electron chi connectivity index (χ0n) is 12.2. The van der Waals surface area contributed by atoms with Crippen molar-refractivity contribution in [1.29, 1.82) is 0 Å². The largest absolute Gasteiger partial charge is 0.313 e. The Hall–Kier alpha value is -0.860. The highest BCUT2D eigenvalue weighted by Gasteiger charge is 2.31. The topological polar surface area (TPSA) is 15.3 Å². The summed E-state index contributed by atoms with van der Waals surface area (Å²) in [4.78, 5) is 2.72. The number of likely N-dealkylation sites (tertiary alicyclic amines) is 1. The lowest BCUT2D eigenvalue weighted by atomic mass is 9.77. The number of nitrogens with zero attached hydrogens (tertiary/aromatic N) is 1. The van der Waals surface area contributed by atoms with Crippen LogP contribution in [0.25, 0.3) is 0 Å². The van der Waals surface area contributed by atoms with Crippen molar-refractivity contribution in [1.82, 2.24) is 10.2 Å². The van der Waals surface area contributed by atoms with E-state index in [1.54, 1.807) is 11.1 Å². The van der Waals surface area contributed by atoms with Gasteiger partial charge < -0.3 is 5.32 Å². The highest BCUT2D eigenvalue weighted by atomic mass is 15.2. The smallest absolute Gasteiger partial charge is 0.0221 e. The van der Waals surface area contributed by atoms with Gasteiger partial charge in [-0.1, -0.05) is 38.1 Å². The summed E-state index contributed by atoms with van der Waals surface area (Å²) in [5.74, 6) is 0.788. The van der Waals surface area contributed by atoms with Crippen molar-refractivity contribution in [3.63, 3.8) is 0 Å². The summed E-state index contributed by atoms with van der Waals surface area (Å²) in [6.45, 7) is 8.19. The van der Waals surface area contributed by atoms with Crippen LogP contribution in [-0.2, 0) is 6.42 Å². The van der Waals surface area contributed by atoms with Crippen LogP contribution in [0.2, 0.25) is 0 Å². The molecule has 104 valence electrons. The normalized spacial score (nSPS) is 26.5. The quantitative estimate of drug-likeness (QED) is 0.873. The van der Waals surface area contributed by atoms with Crippen LogP contribution in [0.15, 0.2) is 24.3 Å². The zero-order valence-corrected chi connectivity index (χ0v) is 12.2. The summed E-state index contributed by atoms with van der Waals surface area (Å²) in [5, 5.41) is 3.60. The van der Waals surface area contributed by atoms with Gasteiger partial charge in [-0.05, 0) is 36.9 Å². The predicted molar refractivity (Wildman–Crippen MR) is 80.6 cm³/mol. The van der Waals surface area contributed by atoms with Crippen LogP contribution >= 0.6 is 0 Å². The molecule has 2 heteroatoms. The predicted octanol–water partition coefficient (Wildman–Crippen LogP) is 2.79. The summed E-state index contributed by atoms with van der Waals surface area (Å²) in [5.41, 5.74) is 3.17. The molecule has 3 rings (SSSR count). The average Bonchev–Trinajstić information content (AvgIpc) is 2.81. The van der Waals surface area contributed by atoms with E-state index in [1.807, 2.05) is 0 Å². The summed E-state index contributed by atoms with van der Waals surface area (Å²) in [6, 6.07) is 10.3. The lowest BCUT2D eigenvalue weighted by molar-refractivity contribution is 0.222. The fourth-order valence-corrected chi connectivity index (χ4v) is 3.55. The summed E-state index contributed by atoms with van der Waals surface area (Å²) in [7, 11) is 0. The van der Waals surface area contributed by atoms with Crippen molar-refractivity contribution < 1.29 is 0 Å². The van der Waals surface area contributed by atoms with Gasteiger partial charge in [0.1, 0.15) is 0 Å². The van der Waals surface area contributed by atoms with Gasteiger partial charge in [-0.15, -0.1) is 0 Å². The van der Waals surface area contributed by atoms with Crippen LogP contribution in [0.3, 0.4) is 0 Å². The van der Waals surface area contributed by atoms with Gasteiger partial charge in [-0.25, -0.2) is 0 Å². The van der Waals surface area contributed by atoms with Crippen molar-refractivity contribution in [2.75, 3.05) is 19.6 Å². The van der Waals surface area contributed by atoms with Crippen LogP contribution < -0.4 is 5.32 Å². The highest BCUT2D eigenvalue weighted by Crippen LogP contribution is 2.36. The maximum atomic E-state index is 3.60. The summed E-state index contributed by atoms with van der Waals surface area (Å²) in [6.07, 6.45) is 4.03. The number of rotatable bonds is 5. The third-order valence-electron chi connectivity index (χ3n) is 4.68. The van der Waals surface area contributed by atoms with E-state index >= 15 is 0 Å². The molecule has 2 nitrogen and oxygen atoms in total. The van der Waals surface area contributed by atoms with E-state index in [0.717, 1.165) is 18.5 Å². The fourth-order valence-electron chi connectivity index (χ4n) is 3.55. The van der Waals surface area contributed by atoms with Crippen LogP contribution in [0.5, 0.6) is 0 Å². The summed E-state index contributed by atoms with van der Waals surface area (Å²) >= 11 is 0. The van der Waals surface area contributed by atoms with E-state index in [9.17, 15) is 0 Å². The van der Waals surface area contributed by atoms with Gasteiger partial charge in [0, 0.05) is 31.1 Å². The maximum Gasteiger partial charge on any atom is 0.0221 e. The first kappa shape index (κ1) is 13.1. The first-order chi connectivity index (χ1) is 9.24. The molecule has 0 amide bonds. The number of hydrogen-bond donors (Lipinski definition) is 1. The Morgan fingerprint density at radius 1 is 1.32 bits per heavy atom. The lowest BCUT2D eigenvalue weighted by Crippen LogP contribution is -2.43. The number of benzene rings is 1. The van der Waals surface area contributed by atoms with Gasteiger partial charge in [-0.3, -0.25) is 4.90 Å². The number of fused-ring (bicyclic) bond motifs is 1. The van der Waals surface area contributed by atoms with Gasteiger partial charge in [0.15, 0.2) is 0 Å². The van der Waals surface area contributed by atoms with E-state index in [-0.39, 0.29) is 0 Å². The van der Waals surface area contributed by atoms with Gasteiger partial charge >= 0.3 is 0 Å². The molecule has 1 heterocycles. The molecule has 0 radical (unpaired) electrons. The van der Waals surface area contributed by atoms with Crippen molar-refractivity contribution >= 4 is 0 Å². The van der Waals surface area contributed by atoms with E-state index in [0.29, 0.717) is 6.04 Å². The highest BCUT2D eigenvalue weighted by molar-refractivity contribution is 5.40. The second kappa shape index (κ2) is 5.64. The van der Waals surface area contributed by atoms with Crippen molar-refractivity contribution in [3.8, 4) is 0 Å². The molecule has 1 aliphatic heterocycles. The molecule has 2 atom stereocenters. The monoisotopic (exact) mass is 258 g/mol. The third kappa shape index (κ3) is 2.85. The van der Waals surface area contributed by atoms with Crippen molar-refractivity contribution in [2.24, 2.45) is 0 Å². The molecule has 0 aromatic heterocycles. The lowest BCUT2D eigenvalue weighted by Gasteiger charge is -2.36. The minimum atomic E-state index is 0.604. The van der Waals surface area contributed by atoms with Crippen LogP contribution in [0.1, 0.15) is 43.7 Å². The van der Waals surface area contributed by atoms with E-state index in [4.69, 9.17) is 0 Å². The average molecular weight is 258 g/mol. The Morgan fingerprint density at radius 3 is 2.95 bits per heavy atom. The second-order valence-corrected chi connectivity index (χ2v) is 6.45. The molecule has 1 aromatic carbocycles. The van der Waals surface area contributed by atoms with Crippen LogP contribution in [0, 0.1) is 0 Å². The van der Waals surface area contributed by atoms with Gasteiger partial charge in [0.25, 0.3) is 0 Å². The fraction of sp³-hybridized carbons (Fsp3) is 0.647. The Labute approximate surface area is 117 Å².